The van der Waals surface area contributed by atoms with Gasteiger partial charge in [-0.05, 0) is 36.1 Å². The van der Waals surface area contributed by atoms with E-state index in [-0.39, 0.29) is 0 Å². The Labute approximate surface area is 70.4 Å². The minimum Gasteiger partial charge on any atom is -0.330 e. The predicted molar refractivity (Wildman–Crippen MR) is 49.3 cm³/mol. The van der Waals surface area contributed by atoms with Gasteiger partial charge in [-0.15, -0.1) is 0 Å². The Kier molecular flexibility index (Phi) is 2.29. The van der Waals surface area contributed by atoms with Crippen LogP contribution in [0, 0.1) is 23.2 Å². The monoisotopic (exact) mass is 155 g/mol. The highest BCUT2D eigenvalue weighted by molar-refractivity contribution is 4.96. The Morgan fingerprint density at radius 2 is 2.00 bits per heavy atom. The van der Waals surface area contributed by atoms with E-state index in [1.165, 1.54) is 6.42 Å². The first-order valence-corrected chi connectivity index (χ1v) is 4.67. The fraction of sp³-hybridized carbons (Fsp3) is 1.00. The van der Waals surface area contributed by atoms with Gasteiger partial charge in [-0.1, -0.05) is 27.7 Å². The first kappa shape index (κ1) is 9.05. The van der Waals surface area contributed by atoms with Crippen molar-refractivity contribution >= 4 is 0 Å². The van der Waals surface area contributed by atoms with E-state index in [1.807, 2.05) is 0 Å². The second-order valence-electron chi connectivity index (χ2n) is 5.09. The Balaban J connectivity index is 2.37. The van der Waals surface area contributed by atoms with Crippen LogP contribution in [0.5, 0.6) is 0 Å². The maximum absolute atomic E-state index is 5.62. The largest absolute Gasteiger partial charge is 0.330 e. The van der Waals surface area contributed by atoms with Gasteiger partial charge in [-0.25, -0.2) is 0 Å². The first-order chi connectivity index (χ1) is 4.96. The molecule has 0 spiro atoms. The summed E-state index contributed by atoms with van der Waals surface area (Å²) in [5.41, 5.74) is 6.13. The third-order valence-electron chi connectivity index (χ3n) is 3.05. The quantitative estimate of drug-likeness (QED) is 0.650. The number of rotatable bonds is 2. The second kappa shape index (κ2) is 2.78. The molecule has 0 aromatic carbocycles. The molecule has 0 aromatic heterocycles. The van der Waals surface area contributed by atoms with Crippen LogP contribution >= 0.6 is 0 Å². The molecule has 1 fully saturated rings. The van der Waals surface area contributed by atoms with E-state index in [2.05, 4.69) is 27.7 Å². The van der Waals surface area contributed by atoms with Gasteiger partial charge in [-0.2, -0.15) is 0 Å². The highest BCUT2D eigenvalue weighted by Gasteiger charge is 2.46. The van der Waals surface area contributed by atoms with Crippen molar-refractivity contribution in [3.05, 3.63) is 0 Å². The molecular formula is C10H21N. The number of hydrogen-bond donors (Lipinski definition) is 1. The first-order valence-electron chi connectivity index (χ1n) is 4.67. The van der Waals surface area contributed by atoms with Crippen LogP contribution in [-0.4, -0.2) is 6.54 Å². The zero-order valence-electron chi connectivity index (χ0n) is 8.22. The van der Waals surface area contributed by atoms with E-state index >= 15 is 0 Å². The lowest BCUT2D eigenvalue weighted by molar-refractivity contribution is 0.305. The van der Waals surface area contributed by atoms with Crippen LogP contribution in [0.25, 0.3) is 0 Å². The van der Waals surface area contributed by atoms with Gasteiger partial charge in [0.15, 0.2) is 0 Å². The van der Waals surface area contributed by atoms with Gasteiger partial charge >= 0.3 is 0 Å². The average molecular weight is 155 g/mol. The van der Waals surface area contributed by atoms with Crippen LogP contribution in [0.15, 0.2) is 0 Å². The highest BCUT2D eigenvalue weighted by Crippen LogP contribution is 2.53. The van der Waals surface area contributed by atoms with Gasteiger partial charge < -0.3 is 5.73 Å². The summed E-state index contributed by atoms with van der Waals surface area (Å²) in [6.07, 6.45) is 1.40. The topological polar surface area (TPSA) is 26.0 Å². The summed E-state index contributed by atoms with van der Waals surface area (Å²) in [5.74, 6) is 2.58. The minimum atomic E-state index is 0.508. The van der Waals surface area contributed by atoms with Crippen LogP contribution in [0.2, 0.25) is 0 Å². The van der Waals surface area contributed by atoms with Crippen LogP contribution in [-0.2, 0) is 0 Å². The Hall–Kier alpha value is -0.0400. The molecule has 3 unspecified atom stereocenters. The lowest BCUT2D eigenvalue weighted by atomic mass is 9.86. The van der Waals surface area contributed by atoms with Crippen LogP contribution < -0.4 is 5.73 Å². The standard InChI is InChI=1S/C10H21N/c1-7(6-11)8-5-9(8)10(2,3)4/h7-9H,5-6,11H2,1-4H3. The summed E-state index contributed by atoms with van der Waals surface area (Å²) >= 11 is 0. The highest BCUT2D eigenvalue weighted by atomic mass is 14.6. The third kappa shape index (κ3) is 1.96. The number of nitrogens with two attached hydrogens (primary N) is 1. The lowest BCUT2D eigenvalue weighted by Gasteiger charge is -2.19. The van der Waals surface area contributed by atoms with Crippen molar-refractivity contribution in [1.29, 1.82) is 0 Å². The zero-order chi connectivity index (χ0) is 8.65. The van der Waals surface area contributed by atoms with Gasteiger partial charge in [0.1, 0.15) is 0 Å². The number of hydrogen-bond acceptors (Lipinski definition) is 1. The van der Waals surface area contributed by atoms with Gasteiger partial charge in [0, 0.05) is 0 Å². The smallest absolute Gasteiger partial charge is 0.00487 e. The van der Waals surface area contributed by atoms with E-state index in [0.29, 0.717) is 5.41 Å². The van der Waals surface area contributed by atoms with E-state index in [4.69, 9.17) is 5.73 Å². The van der Waals surface area contributed by atoms with Gasteiger partial charge in [-0.3, -0.25) is 0 Å². The summed E-state index contributed by atoms with van der Waals surface area (Å²) in [5, 5.41) is 0. The Morgan fingerprint density at radius 3 is 2.27 bits per heavy atom. The molecule has 1 aliphatic carbocycles. The maximum atomic E-state index is 5.62. The Bertz CT molecular complexity index is 134. The van der Waals surface area contributed by atoms with Crippen molar-refractivity contribution in [3.8, 4) is 0 Å². The molecule has 0 heterocycles. The molecule has 0 aliphatic heterocycles. The van der Waals surface area contributed by atoms with E-state index < -0.39 is 0 Å². The van der Waals surface area contributed by atoms with Crippen molar-refractivity contribution in [3.63, 3.8) is 0 Å². The van der Waals surface area contributed by atoms with Crippen LogP contribution in [0.3, 0.4) is 0 Å². The van der Waals surface area contributed by atoms with Gasteiger partial charge in [0.05, 0.1) is 0 Å². The van der Waals surface area contributed by atoms with Crippen LogP contribution in [0.4, 0.5) is 0 Å². The maximum Gasteiger partial charge on any atom is -0.00487 e. The summed E-state index contributed by atoms with van der Waals surface area (Å²) in [7, 11) is 0. The van der Waals surface area contributed by atoms with Gasteiger partial charge in [0.25, 0.3) is 0 Å². The molecule has 1 nitrogen and oxygen atoms in total. The van der Waals surface area contributed by atoms with E-state index in [9.17, 15) is 0 Å². The predicted octanol–water partition coefficient (Wildman–Crippen LogP) is 2.26. The fourth-order valence-corrected chi connectivity index (χ4v) is 2.01. The molecule has 0 radical (unpaired) electrons. The van der Waals surface area contributed by atoms with Crippen molar-refractivity contribution in [2.45, 2.75) is 34.1 Å². The minimum absolute atomic E-state index is 0.508. The molecule has 0 saturated heterocycles. The molecule has 3 atom stereocenters. The third-order valence-corrected chi connectivity index (χ3v) is 3.05. The Morgan fingerprint density at radius 1 is 1.45 bits per heavy atom. The molecule has 11 heavy (non-hydrogen) atoms. The molecule has 0 bridgehead atoms. The molecular weight excluding hydrogens is 134 g/mol. The summed E-state index contributed by atoms with van der Waals surface area (Å²) < 4.78 is 0. The molecule has 1 rings (SSSR count). The van der Waals surface area contributed by atoms with Crippen molar-refractivity contribution < 1.29 is 0 Å². The zero-order valence-corrected chi connectivity index (χ0v) is 8.22. The SMILES string of the molecule is CC(CN)C1CC1C(C)(C)C. The molecule has 1 saturated carbocycles. The molecule has 66 valence electrons. The molecule has 0 amide bonds. The summed E-state index contributed by atoms with van der Waals surface area (Å²) in [4.78, 5) is 0. The van der Waals surface area contributed by atoms with Gasteiger partial charge in [0.2, 0.25) is 0 Å². The lowest BCUT2D eigenvalue weighted by Crippen LogP contribution is -2.17. The van der Waals surface area contributed by atoms with E-state index in [0.717, 1.165) is 24.3 Å². The van der Waals surface area contributed by atoms with E-state index in [1.54, 1.807) is 0 Å². The van der Waals surface area contributed by atoms with Crippen LogP contribution in [0.1, 0.15) is 34.1 Å². The summed E-state index contributed by atoms with van der Waals surface area (Å²) in [6.45, 7) is 10.1. The fourth-order valence-electron chi connectivity index (χ4n) is 2.01. The van der Waals surface area contributed by atoms with Crippen molar-refractivity contribution in [2.24, 2.45) is 28.9 Å². The normalized spacial score (nSPS) is 33.5. The molecule has 1 heteroatoms. The second-order valence-corrected chi connectivity index (χ2v) is 5.09. The summed E-state index contributed by atoms with van der Waals surface area (Å²) in [6, 6.07) is 0. The molecule has 1 aliphatic rings. The molecule has 0 aromatic rings. The average Bonchev–Trinajstić information content (AvgIpc) is 2.62. The molecule has 2 N–H and O–H groups in total. The van der Waals surface area contributed by atoms with Crippen molar-refractivity contribution in [2.75, 3.05) is 6.54 Å². The van der Waals surface area contributed by atoms with Crippen molar-refractivity contribution in [1.82, 2.24) is 0 Å².